The van der Waals surface area contributed by atoms with Crippen LogP contribution in [0.1, 0.15) is 68.5 Å². The third kappa shape index (κ3) is 5.28. The van der Waals surface area contributed by atoms with Crippen LogP contribution in [0.5, 0.6) is 0 Å². The van der Waals surface area contributed by atoms with E-state index in [0.717, 1.165) is 11.1 Å². The van der Waals surface area contributed by atoms with Gasteiger partial charge in [-0.2, -0.15) is 0 Å². The van der Waals surface area contributed by atoms with Crippen molar-refractivity contribution in [2.24, 2.45) is 5.41 Å². The Balaban J connectivity index is 1.91. The second-order valence-corrected chi connectivity index (χ2v) is 13.8. The number of aliphatic hydroxyl groups is 1. The van der Waals surface area contributed by atoms with Crippen LogP contribution in [0.2, 0.25) is 10.0 Å². The van der Waals surface area contributed by atoms with Gasteiger partial charge >= 0.3 is 0 Å². The van der Waals surface area contributed by atoms with Gasteiger partial charge in [0.05, 0.1) is 22.8 Å². The number of benzene rings is 2. The Bertz CT molecular complexity index is 1280. The van der Waals surface area contributed by atoms with Gasteiger partial charge in [0.1, 0.15) is 0 Å². The fourth-order valence-electron chi connectivity index (χ4n) is 6.15. The monoisotopic (exact) mass is 578 g/mol. The topological polar surface area (TPSA) is 86.7 Å². The van der Waals surface area contributed by atoms with E-state index in [4.69, 9.17) is 23.2 Å². The predicted octanol–water partition coefficient (Wildman–Crippen LogP) is 5.86. The summed E-state index contributed by atoms with van der Waals surface area (Å²) >= 11 is 12.7. The average molecular weight is 580 g/mol. The van der Waals surface area contributed by atoms with E-state index in [1.54, 1.807) is 18.2 Å². The number of allylic oxidation sites excluding steroid dienone is 1. The normalized spacial score (nSPS) is 25.7. The van der Waals surface area contributed by atoms with Crippen LogP contribution in [0.3, 0.4) is 0 Å². The molecule has 1 saturated heterocycles. The smallest absolute Gasteiger partial charge is 0.232 e. The lowest BCUT2D eigenvalue weighted by Crippen LogP contribution is -2.58. The number of halogens is 2. The highest BCUT2D eigenvalue weighted by Crippen LogP contribution is 2.55. The van der Waals surface area contributed by atoms with E-state index in [0.29, 0.717) is 48.6 Å². The van der Waals surface area contributed by atoms with Crippen molar-refractivity contribution in [2.45, 2.75) is 68.2 Å². The SMILES string of the molecule is C=CC[C@@]1(CO)C[C@H](c2cccc(Cl)c2)[C@@H](c2ccc(Cl)cc2)N([C@@H](CC)CC2(S(=O)(=O)NC)CC2)C1=O. The van der Waals surface area contributed by atoms with Gasteiger partial charge in [-0.25, -0.2) is 13.1 Å². The summed E-state index contributed by atoms with van der Waals surface area (Å²) in [5.74, 6) is -0.382. The van der Waals surface area contributed by atoms with Gasteiger partial charge in [0, 0.05) is 22.0 Å². The van der Waals surface area contributed by atoms with Gasteiger partial charge < -0.3 is 10.0 Å². The second kappa shape index (κ2) is 11.3. The first-order valence-electron chi connectivity index (χ1n) is 13.1. The maximum atomic E-state index is 14.5. The van der Waals surface area contributed by atoms with Crippen LogP contribution < -0.4 is 4.72 Å². The number of piperidine rings is 1. The number of sulfonamides is 1. The molecule has 9 heteroatoms. The first-order chi connectivity index (χ1) is 18.1. The average Bonchev–Trinajstić information content (AvgIpc) is 3.70. The zero-order valence-corrected chi connectivity index (χ0v) is 24.2. The number of hydrogen-bond acceptors (Lipinski definition) is 4. The van der Waals surface area contributed by atoms with E-state index in [-0.39, 0.29) is 24.5 Å². The zero-order chi connectivity index (χ0) is 27.7. The van der Waals surface area contributed by atoms with Crippen molar-refractivity contribution < 1.29 is 18.3 Å². The van der Waals surface area contributed by atoms with Gasteiger partial charge in [-0.3, -0.25) is 4.79 Å². The Morgan fingerprint density at radius 2 is 1.84 bits per heavy atom. The molecule has 2 aromatic carbocycles. The number of nitrogens with zero attached hydrogens (tertiary/aromatic N) is 1. The van der Waals surface area contributed by atoms with Gasteiger partial charge in [-0.15, -0.1) is 6.58 Å². The Morgan fingerprint density at radius 3 is 2.37 bits per heavy atom. The van der Waals surface area contributed by atoms with Gasteiger partial charge in [-0.1, -0.05) is 60.5 Å². The Kier molecular flexibility index (Phi) is 8.65. The molecule has 38 heavy (non-hydrogen) atoms. The third-order valence-corrected chi connectivity index (χ3v) is 11.2. The molecular weight excluding hydrogens is 543 g/mol. The van der Waals surface area contributed by atoms with Crippen molar-refractivity contribution in [3.8, 4) is 0 Å². The summed E-state index contributed by atoms with van der Waals surface area (Å²) < 4.78 is 27.6. The van der Waals surface area contributed by atoms with Crippen molar-refractivity contribution in [3.05, 3.63) is 82.4 Å². The second-order valence-electron chi connectivity index (χ2n) is 10.7. The highest BCUT2D eigenvalue weighted by Gasteiger charge is 2.58. The van der Waals surface area contributed by atoms with Crippen LogP contribution in [-0.4, -0.2) is 48.8 Å². The van der Waals surface area contributed by atoms with Crippen LogP contribution in [0.15, 0.2) is 61.2 Å². The minimum atomic E-state index is -3.54. The molecular formula is C29H36Cl2N2O4S. The number of rotatable bonds is 11. The van der Waals surface area contributed by atoms with E-state index >= 15 is 0 Å². The molecule has 4 atom stereocenters. The maximum absolute atomic E-state index is 14.5. The molecule has 0 bridgehead atoms. The quantitative estimate of drug-likeness (QED) is 0.327. The summed E-state index contributed by atoms with van der Waals surface area (Å²) in [6.07, 6.45) is 4.37. The summed E-state index contributed by atoms with van der Waals surface area (Å²) in [7, 11) is -2.10. The molecule has 1 aliphatic carbocycles. The van der Waals surface area contributed by atoms with E-state index in [2.05, 4.69) is 11.3 Å². The lowest BCUT2D eigenvalue weighted by atomic mass is 9.66. The standard InChI is InChI=1S/C29H36Cl2N2O4S/c1-4-13-28(19-34)18-25(21-7-6-8-23(31)16-21)26(20-9-11-22(30)12-10-20)33(27(28)35)24(5-2)17-29(14-15-29)38(36,37)32-3/h4,6-12,16,24-26,32,34H,1,5,13-15,17-19H2,2-3H3/t24-,25+,26+,28-/m0/s1. The van der Waals surface area contributed by atoms with Crippen molar-refractivity contribution >= 4 is 39.1 Å². The van der Waals surface area contributed by atoms with Crippen LogP contribution in [0.4, 0.5) is 0 Å². The first-order valence-corrected chi connectivity index (χ1v) is 15.3. The number of hydrogen-bond donors (Lipinski definition) is 2. The van der Waals surface area contributed by atoms with Crippen LogP contribution >= 0.6 is 23.2 Å². The fourth-order valence-corrected chi connectivity index (χ4v) is 7.96. The molecule has 0 radical (unpaired) electrons. The van der Waals surface area contributed by atoms with E-state index in [1.807, 2.05) is 48.2 Å². The summed E-state index contributed by atoms with van der Waals surface area (Å²) in [5, 5.41) is 11.9. The molecule has 2 aliphatic rings. The first kappa shape index (κ1) is 29.1. The van der Waals surface area contributed by atoms with Crippen molar-refractivity contribution in [1.29, 1.82) is 0 Å². The molecule has 206 valence electrons. The molecule has 1 aliphatic heterocycles. The summed E-state index contributed by atoms with van der Waals surface area (Å²) in [4.78, 5) is 16.4. The fraction of sp³-hybridized carbons (Fsp3) is 0.483. The van der Waals surface area contributed by atoms with Gasteiger partial charge in [0.25, 0.3) is 0 Å². The summed E-state index contributed by atoms with van der Waals surface area (Å²) in [6, 6.07) is 14.3. The zero-order valence-electron chi connectivity index (χ0n) is 21.9. The molecule has 6 nitrogen and oxygen atoms in total. The highest BCUT2D eigenvalue weighted by molar-refractivity contribution is 7.91. The molecule has 0 spiro atoms. The number of carbonyl (C=O) groups excluding carboxylic acids is 1. The van der Waals surface area contributed by atoms with Crippen LogP contribution in [0.25, 0.3) is 0 Å². The van der Waals surface area contributed by atoms with Crippen LogP contribution in [-0.2, 0) is 14.8 Å². The van der Waals surface area contributed by atoms with Gasteiger partial charge in [0.2, 0.25) is 15.9 Å². The molecule has 0 aromatic heterocycles. The molecule has 4 rings (SSSR count). The third-order valence-electron chi connectivity index (χ3n) is 8.42. The maximum Gasteiger partial charge on any atom is 0.232 e. The van der Waals surface area contributed by atoms with Crippen LogP contribution in [0, 0.1) is 5.41 Å². The Labute approximate surface area is 236 Å². The van der Waals surface area contributed by atoms with Crippen molar-refractivity contribution in [2.75, 3.05) is 13.7 Å². The summed E-state index contributed by atoms with van der Waals surface area (Å²) in [6.45, 7) is 5.52. The molecule has 1 saturated carbocycles. The molecule has 0 unspecified atom stereocenters. The van der Waals surface area contributed by atoms with Gasteiger partial charge in [-0.05, 0) is 81.0 Å². The van der Waals surface area contributed by atoms with E-state index < -0.39 is 26.2 Å². The number of aliphatic hydroxyl groups excluding tert-OH is 1. The van der Waals surface area contributed by atoms with Gasteiger partial charge in [0.15, 0.2) is 0 Å². The lowest BCUT2D eigenvalue weighted by Gasteiger charge is -2.53. The number of likely N-dealkylation sites (tertiary alicyclic amines) is 1. The minimum absolute atomic E-state index is 0.178. The Hall–Kier alpha value is -1.90. The van der Waals surface area contributed by atoms with E-state index in [9.17, 15) is 18.3 Å². The Morgan fingerprint density at radius 1 is 1.16 bits per heavy atom. The molecule has 1 heterocycles. The lowest BCUT2D eigenvalue weighted by molar-refractivity contribution is -0.159. The molecule has 2 N–H and O–H groups in total. The number of nitrogens with one attached hydrogen (secondary N) is 1. The molecule has 2 fully saturated rings. The molecule has 1 amide bonds. The number of carbonyl (C=O) groups is 1. The highest BCUT2D eigenvalue weighted by atomic mass is 35.5. The molecule has 2 aromatic rings. The summed E-state index contributed by atoms with van der Waals surface area (Å²) in [5.41, 5.74) is 0.775. The number of amides is 1. The minimum Gasteiger partial charge on any atom is -0.395 e. The van der Waals surface area contributed by atoms with E-state index in [1.165, 1.54) is 7.05 Å². The van der Waals surface area contributed by atoms with Crippen molar-refractivity contribution in [3.63, 3.8) is 0 Å². The predicted molar refractivity (Wildman–Crippen MR) is 153 cm³/mol. The largest absolute Gasteiger partial charge is 0.395 e. The van der Waals surface area contributed by atoms with Crippen molar-refractivity contribution in [1.82, 2.24) is 9.62 Å².